The Hall–Kier alpha value is -3.02. The van der Waals surface area contributed by atoms with Crippen LogP contribution in [0.3, 0.4) is 0 Å². The largest absolute Gasteiger partial charge is 0.495 e. The highest BCUT2D eigenvalue weighted by Crippen LogP contribution is 2.32. The van der Waals surface area contributed by atoms with Gasteiger partial charge in [-0.05, 0) is 43.5 Å². The van der Waals surface area contributed by atoms with Gasteiger partial charge in [-0.1, -0.05) is 30.3 Å². The van der Waals surface area contributed by atoms with Gasteiger partial charge in [0.25, 0.3) is 0 Å². The smallest absolute Gasteiger partial charge is 0.319 e. The Labute approximate surface area is 159 Å². The van der Waals surface area contributed by atoms with Crippen LogP contribution in [0.25, 0.3) is 0 Å². The molecule has 2 aromatic carbocycles. The fourth-order valence-electron chi connectivity index (χ4n) is 2.88. The molecule has 2 N–H and O–H groups in total. The maximum Gasteiger partial charge on any atom is 0.319 e. The number of benzene rings is 2. The van der Waals surface area contributed by atoms with E-state index in [9.17, 15) is 9.59 Å². The highest BCUT2D eigenvalue weighted by Gasteiger charge is 2.33. The summed E-state index contributed by atoms with van der Waals surface area (Å²) in [6, 6.07) is 16.6. The van der Waals surface area contributed by atoms with Gasteiger partial charge >= 0.3 is 6.03 Å². The van der Waals surface area contributed by atoms with Crippen molar-refractivity contribution in [2.75, 3.05) is 30.4 Å². The van der Waals surface area contributed by atoms with Gasteiger partial charge in [-0.2, -0.15) is 0 Å². The number of para-hydroxylation sites is 3. The molecule has 1 aliphatic rings. The highest BCUT2D eigenvalue weighted by molar-refractivity contribution is 5.96. The van der Waals surface area contributed by atoms with Crippen LogP contribution in [-0.2, 0) is 4.79 Å². The average Bonchev–Trinajstić information content (AvgIpc) is 3.54. The third-order valence-electron chi connectivity index (χ3n) is 4.46. The fraction of sp³-hybridized carbons (Fsp3) is 0.333. The predicted molar refractivity (Wildman–Crippen MR) is 106 cm³/mol. The first-order valence-corrected chi connectivity index (χ1v) is 9.23. The van der Waals surface area contributed by atoms with Crippen LogP contribution in [-0.4, -0.2) is 32.1 Å². The lowest BCUT2D eigenvalue weighted by atomic mass is 10.2. The van der Waals surface area contributed by atoms with E-state index in [-0.39, 0.29) is 17.9 Å². The van der Waals surface area contributed by atoms with Crippen LogP contribution in [0.4, 0.5) is 16.2 Å². The van der Waals surface area contributed by atoms with Crippen molar-refractivity contribution >= 4 is 23.3 Å². The Bertz CT molecular complexity index is 775. The number of carbonyl (C=O) groups excluding carboxylic acids is 2. The number of hydrogen-bond acceptors (Lipinski definition) is 3. The number of hydrogen-bond donors (Lipinski definition) is 2. The Balaban J connectivity index is 1.48. The van der Waals surface area contributed by atoms with E-state index in [4.69, 9.17) is 4.74 Å². The standard InChI is InChI=1S/C21H25N3O3/c1-27-19-11-6-5-10-18(19)23-21(26)22-14-7-15-24(20(25)16-12-13-16)17-8-3-2-4-9-17/h2-6,8-11,16H,7,12-15H2,1H3,(H2,22,23,26). The zero-order valence-electron chi connectivity index (χ0n) is 15.5. The van der Waals surface area contributed by atoms with Crippen molar-refractivity contribution in [3.05, 3.63) is 54.6 Å². The number of nitrogens with one attached hydrogen (secondary N) is 2. The molecule has 6 nitrogen and oxygen atoms in total. The summed E-state index contributed by atoms with van der Waals surface area (Å²) in [7, 11) is 1.56. The van der Waals surface area contributed by atoms with Crippen molar-refractivity contribution in [1.29, 1.82) is 0 Å². The van der Waals surface area contributed by atoms with Crippen molar-refractivity contribution in [1.82, 2.24) is 5.32 Å². The lowest BCUT2D eigenvalue weighted by Crippen LogP contribution is -2.36. The summed E-state index contributed by atoms with van der Waals surface area (Å²) in [5.74, 6) is 0.949. The topological polar surface area (TPSA) is 70.7 Å². The van der Waals surface area contributed by atoms with Gasteiger partial charge in [-0.15, -0.1) is 0 Å². The van der Waals surface area contributed by atoms with Crippen molar-refractivity contribution in [3.8, 4) is 5.75 Å². The first-order chi connectivity index (χ1) is 13.2. The van der Waals surface area contributed by atoms with Gasteiger partial charge in [0, 0.05) is 24.7 Å². The van der Waals surface area contributed by atoms with Crippen molar-refractivity contribution in [2.24, 2.45) is 5.92 Å². The van der Waals surface area contributed by atoms with Gasteiger partial charge in [-0.3, -0.25) is 4.79 Å². The minimum atomic E-state index is -0.292. The SMILES string of the molecule is COc1ccccc1NC(=O)NCCCN(C(=O)C1CC1)c1ccccc1. The van der Waals surface area contributed by atoms with E-state index in [2.05, 4.69) is 10.6 Å². The minimum absolute atomic E-state index is 0.159. The van der Waals surface area contributed by atoms with E-state index in [0.717, 1.165) is 18.5 Å². The monoisotopic (exact) mass is 367 g/mol. The second-order valence-electron chi connectivity index (χ2n) is 6.53. The molecular formula is C21H25N3O3. The Kier molecular flexibility index (Phi) is 6.30. The number of carbonyl (C=O) groups is 2. The molecule has 3 rings (SSSR count). The number of ether oxygens (including phenoxy) is 1. The lowest BCUT2D eigenvalue weighted by Gasteiger charge is -2.23. The molecule has 0 aromatic heterocycles. The Morgan fingerprint density at radius 2 is 1.78 bits per heavy atom. The average molecular weight is 367 g/mol. The van der Waals surface area contributed by atoms with Gasteiger partial charge in [0.1, 0.15) is 5.75 Å². The second-order valence-corrected chi connectivity index (χ2v) is 6.53. The highest BCUT2D eigenvalue weighted by atomic mass is 16.5. The third kappa shape index (κ3) is 5.23. The number of urea groups is 1. The molecule has 0 aliphatic heterocycles. The molecule has 2 aromatic rings. The van der Waals surface area contributed by atoms with Crippen LogP contribution >= 0.6 is 0 Å². The normalized spacial score (nSPS) is 12.9. The summed E-state index contributed by atoms with van der Waals surface area (Å²) in [5.41, 5.74) is 1.53. The van der Waals surface area contributed by atoms with Crippen LogP contribution in [0.1, 0.15) is 19.3 Å². The molecule has 142 valence electrons. The molecule has 0 unspecified atom stereocenters. The zero-order chi connectivity index (χ0) is 19.1. The molecular weight excluding hydrogens is 342 g/mol. The maximum absolute atomic E-state index is 12.6. The summed E-state index contributed by atoms with van der Waals surface area (Å²) >= 11 is 0. The molecule has 0 saturated heterocycles. The quantitative estimate of drug-likeness (QED) is 0.700. The Morgan fingerprint density at radius 1 is 1.07 bits per heavy atom. The number of nitrogens with zero attached hydrogens (tertiary/aromatic N) is 1. The molecule has 3 amide bonds. The Morgan fingerprint density at radius 3 is 2.48 bits per heavy atom. The molecule has 1 fully saturated rings. The van der Waals surface area contributed by atoms with Gasteiger partial charge in [0.15, 0.2) is 0 Å². The van der Waals surface area contributed by atoms with E-state index in [0.29, 0.717) is 30.9 Å². The van der Waals surface area contributed by atoms with Gasteiger partial charge < -0.3 is 20.3 Å². The van der Waals surface area contributed by atoms with E-state index in [1.807, 2.05) is 47.4 Å². The minimum Gasteiger partial charge on any atom is -0.495 e. The van der Waals surface area contributed by atoms with Crippen LogP contribution in [0, 0.1) is 5.92 Å². The zero-order valence-corrected chi connectivity index (χ0v) is 15.5. The second kappa shape index (κ2) is 9.07. The number of anilines is 2. The summed E-state index contributed by atoms with van der Waals surface area (Å²) in [6.45, 7) is 1.05. The number of amides is 3. The first-order valence-electron chi connectivity index (χ1n) is 9.23. The van der Waals surface area contributed by atoms with Crippen molar-refractivity contribution in [3.63, 3.8) is 0 Å². The van der Waals surface area contributed by atoms with Gasteiger partial charge in [0.05, 0.1) is 12.8 Å². The van der Waals surface area contributed by atoms with Gasteiger partial charge in [-0.25, -0.2) is 4.79 Å². The molecule has 0 atom stereocenters. The first kappa shape index (κ1) is 18.8. The van der Waals surface area contributed by atoms with E-state index in [1.54, 1.807) is 19.2 Å². The maximum atomic E-state index is 12.6. The summed E-state index contributed by atoms with van der Waals surface area (Å²) < 4.78 is 5.22. The van der Waals surface area contributed by atoms with Crippen LogP contribution in [0.5, 0.6) is 5.75 Å². The molecule has 0 heterocycles. The van der Waals surface area contributed by atoms with Gasteiger partial charge in [0.2, 0.25) is 5.91 Å². The third-order valence-corrected chi connectivity index (χ3v) is 4.46. The van der Waals surface area contributed by atoms with Crippen LogP contribution in [0.2, 0.25) is 0 Å². The van der Waals surface area contributed by atoms with Crippen LogP contribution in [0.15, 0.2) is 54.6 Å². The molecule has 0 radical (unpaired) electrons. The van der Waals surface area contributed by atoms with E-state index in [1.165, 1.54) is 0 Å². The summed E-state index contributed by atoms with van der Waals surface area (Å²) in [5, 5.41) is 5.61. The molecule has 0 bridgehead atoms. The molecule has 6 heteroatoms. The lowest BCUT2D eigenvalue weighted by molar-refractivity contribution is -0.119. The molecule has 0 spiro atoms. The van der Waals surface area contributed by atoms with Crippen molar-refractivity contribution < 1.29 is 14.3 Å². The fourth-order valence-corrected chi connectivity index (χ4v) is 2.88. The van der Waals surface area contributed by atoms with E-state index >= 15 is 0 Å². The number of methoxy groups -OCH3 is 1. The molecule has 1 aliphatic carbocycles. The molecule has 27 heavy (non-hydrogen) atoms. The molecule has 1 saturated carbocycles. The van der Waals surface area contributed by atoms with Crippen LogP contribution < -0.4 is 20.3 Å². The van der Waals surface area contributed by atoms with E-state index < -0.39 is 0 Å². The summed E-state index contributed by atoms with van der Waals surface area (Å²) in [6.07, 6.45) is 2.62. The summed E-state index contributed by atoms with van der Waals surface area (Å²) in [4.78, 5) is 26.5. The van der Waals surface area contributed by atoms with Crippen molar-refractivity contribution in [2.45, 2.75) is 19.3 Å². The number of rotatable bonds is 8. The predicted octanol–water partition coefficient (Wildman–Crippen LogP) is 3.65.